The van der Waals surface area contributed by atoms with Crippen LogP contribution < -0.4 is 11.5 Å². The van der Waals surface area contributed by atoms with Crippen molar-refractivity contribution in [1.82, 2.24) is 4.31 Å². The standard InChI is InChI=1S/C14H30BN3O5S/c1-12(2,14(17)6-7-14)23-24(21,22)18-9-11(13(3,16)10-18)5-4-8-15(19)20/h11,19-20H,4-10,16-17H2,1-3H3/t11-,13-/m0/s1. The molecule has 1 aliphatic carbocycles. The Morgan fingerprint density at radius 3 is 2.42 bits per heavy atom. The van der Waals surface area contributed by atoms with Crippen molar-refractivity contribution in [1.29, 1.82) is 0 Å². The third-order valence-corrected chi connectivity index (χ3v) is 7.04. The Bertz CT molecular complexity index is 563. The van der Waals surface area contributed by atoms with E-state index < -0.39 is 34.1 Å². The van der Waals surface area contributed by atoms with Gasteiger partial charge in [-0.2, -0.15) is 12.7 Å². The fourth-order valence-electron chi connectivity index (χ4n) is 3.30. The van der Waals surface area contributed by atoms with E-state index in [1.807, 2.05) is 6.92 Å². The van der Waals surface area contributed by atoms with Gasteiger partial charge in [-0.3, -0.25) is 0 Å². The van der Waals surface area contributed by atoms with Crippen LogP contribution >= 0.6 is 0 Å². The van der Waals surface area contributed by atoms with Gasteiger partial charge in [0.2, 0.25) is 0 Å². The molecule has 2 fully saturated rings. The highest BCUT2D eigenvalue weighted by molar-refractivity contribution is 7.84. The molecule has 0 aromatic rings. The zero-order valence-electron chi connectivity index (χ0n) is 14.7. The van der Waals surface area contributed by atoms with E-state index in [4.69, 9.17) is 25.7 Å². The van der Waals surface area contributed by atoms with Crippen LogP contribution in [0.4, 0.5) is 0 Å². The molecule has 0 spiro atoms. The second-order valence-corrected chi connectivity index (χ2v) is 9.65. The van der Waals surface area contributed by atoms with E-state index in [1.165, 1.54) is 4.31 Å². The van der Waals surface area contributed by atoms with Gasteiger partial charge in [0, 0.05) is 24.2 Å². The Morgan fingerprint density at radius 1 is 1.33 bits per heavy atom. The van der Waals surface area contributed by atoms with E-state index in [9.17, 15) is 8.42 Å². The number of nitrogens with zero attached hydrogens (tertiary/aromatic N) is 1. The monoisotopic (exact) mass is 363 g/mol. The van der Waals surface area contributed by atoms with Gasteiger partial charge in [-0.25, -0.2) is 4.18 Å². The molecule has 2 aliphatic rings. The van der Waals surface area contributed by atoms with E-state index in [1.54, 1.807) is 13.8 Å². The summed E-state index contributed by atoms with van der Waals surface area (Å²) in [6, 6.07) is 0. The van der Waals surface area contributed by atoms with Crippen molar-refractivity contribution in [2.24, 2.45) is 17.4 Å². The van der Waals surface area contributed by atoms with E-state index in [0.717, 1.165) is 12.8 Å². The average molecular weight is 363 g/mol. The van der Waals surface area contributed by atoms with Crippen molar-refractivity contribution in [3.63, 3.8) is 0 Å². The Balaban J connectivity index is 2.01. The van der Waals surface area contributed by atoms with Crippen LogP contribution in [-0.2, 0) is 14.5 Å². The Kier molecular flexibility index (Phi) is 5.44. The molecule has 0 aromatic heterocycles. The molecule has 0 unspecified atom stereocenters. The van der Waals surface area contributed by atoms with Gasteiger partial charge in [0.25, 0.3) is 0 Å². The molecule has 140 valence electrons. The minimum atomic E-state index is -3.93. The summed E-state index contributed by atoms with van der Waals surface area (Å²) in [6.07, 6.45) is 2.94. The molecular weight excluding hydrogens is 333 g/mol. The molecule has 1 heterocycles. The third kappa shape index (κ3) is 4.30. The summed E-state index contributed by atoms with van der Waals surface area (Å²) in [5.41, 5.74) is 10.2. The van der Waals surface area contributed by atoms with Crippen LogP contribution in [0.1, 0.15) is 46.5 Å². The topological polar surface area (TPSA) is 139 Å². The second kappa shape index (κ2) is 6.50. The summed E-state index contributed by atoms with van der Waals surface area (Å²) in [7, 11) is -5.28. The SMILES string of the molecule is CC(C)(OS(=O)(=O)N1C[C@H](CCCB(O)O)[C@@](C)(N)C1)C1(N)CC1. The maximum atomic E-state index is 12.7. The first-order chi connectivity index (χ1) is 10.8. The lowest BCUT2D eigenvalue weighted by Gasteiger charge is -2.32. The maximum Gasteiger partial charge on any atom is 0.451 e. The minimum Gasteiger partial charge on any atom is -0.427 e. The van der Waals surface area contributed by atoms with Crippen LogP contribution in [0.3, 0.4) is 0 Å². The molecule has 2 rings (SSSR count). The van der Waals surface area contributed by atoms with Gasteiger partial charge >= 0.3 is 17.4 Å². The summed E-state index contributed by atoms with van der Waals surface area (Å²) >= 11 is 0. The van der Waals surface area contributed by atoms with Crippen LogP contribution in [0.2, 0.25) is 6.32 Å². The Hall–Kier alpha value is -0.225. The zero-order valence-corrected chi connectivity index (χ0v) is 15.6. The van der Waals surface area contributed by atoms with E-state index in [0.29, 0.717) is 12.8 Å². The van der Waals surface area contributed by atoms with Gasteiger partial charge in [0.05, 0.1) is 0 Å². The lowest BCUT2D eigenvalue weighted by atomic mass is 9.79. The predicted octanol–water partition coefficient (Wildman–Crippen LogP) is -0.580. The quantitative estimate of drug-likeness (QED) is 0.423. The molecular formula is C14H30BN3O5S. The van der Waals surface area contributed by atoms with Crippen LogP contribution in [0.5, 0.6) is 0 Å². The maximum absolute atomic E-state index is 12.7. The first kappa shape index (κ1) is 20.1. The number of hydrogen-bond donors (Lipinski definition) is 4. The van der Waals surface area contributed by atoms with Crippen LogP contribution in [-0.4, -0.2) is 59.7 Å². The first-order valence-electron chi connectivity index (χ1n) is 8.44. The van der Waals surface area contributed by atoms with Crippen molar-refractivity contribution in [3.8, 4) is 0 Å². The van der Waals surface area contributed by atoms with Gasteiger partial charge < -0.3 is 21.5 Å². The lowest BCUT2D eigenvalue weighted by molar-refractivity contribution is 0.0665. The Morgan fingerprint density at radius 2 is 1.92 bits per heavy atom. The highest BCUT2D eigenvalue weighted by Gasteiger charge is 2.56. The van der Waals surface area contributed by atoms with Crippen LogP contribution in [0.25, 0.3) is 0 Å². The largest absolute Gasteiger partial charge is 0.451 e. The predicted molar refractivity (Wildman–Crippen MR) is 92.1 cm³/mol. The van der Waals surface area contributed by atoms with Crippen LogP contribution in [0.15, 0.2) is 0 Å². The van der Waals surface area contributed by atoms with Gasteiger partial charge in [0.15, 0.2) is 0 Å². The highest BCUT2D eigenvalue weighted by atomic mass is 32.2. The molecule has 0 amide bonds. The molecule has 1 saturated carbocycles. The molecule has 10 heteroatoms. The lowest BCUT2D eigenvalue weighted by Crippen LogP contribution is -2.51. The molecule has 0 radical (unpaired) electrons. The fraction of sp³-hybridized carbons (Fsp3) is 1.00. The van der Waals surface area contributed by atoms with E-state index in [-0.39, 0.29) is 25.3 Å². The number of nitrogens with two attached hydrogens (primary N) is 2. The molecule has 0 aromatic carbocycles. The van der Waals surface area contributed by atoms with Gasteiger partial charge in [-0.15, -0.1) is 0 Å². The minimum absolute atomic E-state index is 0.0644. The van der Waals surface area contributed by atoms with Crippen molar-refractivity contribution in [3.05, 3.63) is 0 Å². The number of hydrogen-bond acceptors (Lipinski definition) is 7. The summed E-state index contributed by atoms with van der Waals surface area (Å²) in [5, 5.41) is 17.9. The smallest absolute Gasteiger partial charge is 0.427 e. The summed E-state index contributed by atoms with van der Waals surface area (Å²) in [6.45, 7) is 5.67. The molecule has 1 aliphatic heterocycles. The van der Waals surface area contributed by atoms with E-state index in [2.05, 4.69) is 0 Å². The van der Waals surface area contributed by atoms with Crippen molar-refractivity contribution in [2.45, 2.75) is 69.5 Å². The van der Waals surface area contributed by atoms with Crippen LogP contribution in [0, 0.1) is 5.92 Å². The normalized spacial score (nSPS) is 30.5. The molecule has 8 nitrogen and oxygen atoms in total. The van der Waals surface area contributed by atoms with Crippen molar-refractivity contribution >= 4 is 17.4 Å². The summed E-state index contributed by atoms with van der Waals surface area (Å²) < 4.78 is 32.0. The van der Waals surface area contributed by atoms with Gasteiger partial charge in [-0.05, 0) is 52.3 Å². The molecule has 24 heavy (non-hydrogen) atoms. The van der Waals surface area contributed by atoms with E-state index >= 15 is 0 Å². The molecule has 1 saturated heterocycles. The molecule has 2 atom stereocenters. The average Bonchev–Trinajstić information content (AvgIpc) is 3.07. The molecule has 0 bridgehead atoms. The molecule has 6 N–H and O–H groups in total. The Labute approximate surface area is 144 Å². The highest BCUT2D eigenvalue weighted by Crippen LogP contribution is 2.45. The van der Waals surface area contributed by atoms with Gasteiger partial charge in [-0.1, -0.05) is 6.42 Å². The number of rotatable bonds is 8. The first-order valence-corrected chi connectivity index (χ1v) is 9.80. The third-order valence-electron chi connectivity index (χ3n) is 5.51. The van der Waals surface area contributed by atoms with Crippen molar-refractivity contribution < 1.29 is 22.6 Å². The summed E-state index contributed by atoms with van der Waals surface area (Å²) in [5.74, 6) is -0.0644. The van der Waals surface area contributed by atoms with Gasteiger partial charge in [0.1, 0.15) is 5.60 Å². The second-order valence-electron chi connectivity index (χ2n) is 8.11. The van der Waals surface area contributed by atoms with Crippen molar-refractivity contribution in [2.75, 3.05) is 13.1 Å². The fourth-order valence-corrected chi connectivity index (χ4v) is 4.90. The summed E-state index contributed by atoms with van der Waals surface area (Å²) in [4.78, 5) is 0. The zero-order chi connectivity index (χ0) is 18.4.